The predicted molar refractivity (Wildman–Crippen MR) is 59.1 cm³/mol. The molecule has 0 N–H and O–H groups in total. The van der Waals surface area contributed by atoms with Crippen LogP contribution in [0.5, 0.6) is 0 Å². The number of benzene rings is 1. The summed E-state index contributed by atoms with van der Waals surface area (Å²) in [5.74, 6) is -14.9. The van der Waals surface area contributed by atoms with Crippen molar-refractivity contribution in [3.8, 4) is 0 Å². The third-order valence-electron chi connectivity index (χ3n) is 2.38. The van der Waals surface area contributed by atoms with Crippen LogP contribution in [0, 0.1) is 0 Å². The highest BCUT2D eigenvalue weighted by atomic mass is 79.9. The van der Waals surface area contributed by atoms with Gasteiger partial charge in [-0.05, 0) is 5.56 Å². The quantitative estimate of drug-likeness (QED) is 0.565. The van der Waals surface area contributed by atoms with Crippen LogP contribution in [0.15, 0.2) is 30.3 Å². The summed E-state index contributed by atoms with van der Waals surface area (Å²) in [6.45, 7) is 0. The van der Waals surface area contributed by atoms with E-state index in [2.05, 4.69) is 15.9 Å². The summed E-state index contributed by atoms with van der Waals surface area (Å²) >= 11 is 2.42. The first-order valence-electron chi connectivity index (χ1n) is 4.98. The molecular weight excluding hydrogens is 361 g/mol. The van der Waals surface area contributed by atoms with Crippen LogP contribution < -0.4 is 0 Å². The molecule has 0 aliphatic carbocycles. The van der Waals surface area contributed by atoms with Gasteiger partial charge in [-0.3, -0.25) is 4.79 Å². The van der Waals surface area contributed by atoms with Crippen LogP contribution >= 0.6 is 15.9 Å². The molecule has 1 unspecified atom stereocenters. The Morgan fingerprint density at radius 3 is 1.80 bits per heavy atom. The summed E-state index contributed by atoms with van der Waals surface area (Å²) in [4.78, 5) is 9.30. The van der Waals surface area contributed by atoms with Crippen molar-refractivity contribution in [3.05, 3.63) is 35.9 Å². The predicted octanol–water partition coefficient (Wildman–Crippen LogP) is 4.52. The largest absolute Gasteiger partial charge is 0.460 e. The van der Waals surface area contributed by atoms with Gasteiger partial charge in [0.15, 0.2) is 0 Å². The zero-order chi connectivity index (χ0) is 15.8. The normalized spacial score (nSPS) is 15.0. The lowest BCUT2D eigenvalue weighted by atomic mass is 10.00. The van der Waals surface area contributed by atoms with Gasteiger partial charge in [-0.1, -0.05) is 46.3 Å². The monoisotopic (exact) mass is 366 g/mol. The van der Waals surface area contributed by atoms with Crippen molar-refractivity contribution in [2.45, 2.75) is 22.8 Å². The van der Waals surface area contributed by atoms with Gasteiger partial charge in [0.2, 0.25) is 5.78 Å². The number of ketones is 1. The second-order valence-electron chi connectivity index (χ2n) is 3.78. The highest BCUT2D eigenvalue weighted by Crippen LogP contribution is 2.49. The number of hydrogen-bond donors (Lipinski definition) is 0. The molecule has 0 radical (unpaired) electrons. The summed E-state index contributed by atoms with van der Waals surface area (Å²) < 4.78 is 87.7. The molecule has 0 fully saturated rings. The number of carbonyl (C=O) groups excluding carboxylic acids is 1. The van der Waals surface area contributed by atoms with Crippen LogP contribution in [-0.4, -0.2) is 23.8 Å². The fourth-order valence-corrected chi connectivity index (χ4v) is 1.86. The second-order valence-corrected chi connectivity index (χ2v) is 4.70. The van der Waals surface area contributed by atoms with Crippen LogP contribution in [-0.2, 0) is 4.79 Å². The van der Waals surface area contributed by atoms with Crippen molar-refractivity contribution in [3.63, 3.8) is 0 Å². The SMILES string of the molecule is O=C(C(Br)c1ccccc1)C(F)(F)C(F)(F)C(F)(F)F. The van der Waals surface area contributed by atoms with Gasteiger partial charge >= 0.3 is 18.0 Å². The third-order valence-corrected chi connectivity index (χ3v) is 3.33. The number of rotatable bonds is 4. The van der Waals surface area contributed by atoms with Gasteiger partial charge in [-0.15, -0.1) is 0 Å². The van der Waals surface area contributed by atoms with E-state index < -0.39 is 28.6 Å². The summed E-state index contributed by atoms with van der Waals surface area (Å²) in [5, 5.41) is 0. The topological polar surface area (TPSA) is 17.1 Å². The third kappa shape index (κ3) is 2.82. The molecular formula is C11H6BrF7O. The van der Waals surface area contributed by atoms with E-state index in [1.807, 2.05) is 0 Å². The summed E-state index contributed by atoms with van der Waals surface area (Å²) in [6, 6.07) is 6.36. The van der Waals surface area contributed by atoms with E-state index in [1.54, 1.807) is 0 Å². The molecule has 0 aliphatic heterocycles. The van der Waals surface area contributed by atoms with Gasteiger partial charge < -0.3 is 0 Å². The molecule has 1 aromatic carbocycles. The lowest BCUT2D eigenvalue weighted by Crippen LogP contribution is -2.56. The Kier molecular flexibility index (Phi) is 4.52. The first kappa shape index (κ1) is 16.9. The molecule has 0 aliphatic rings. The van der Waals surface area contributed by atoms with E-state index in [4.69, 9.17) is 0 Å². The number of carbonyl (C=O) groups is 1. The van der Waals surface area contributed by atoms with E-state index in [-0.39, 0.29) is 5.56 Å². The van der Waals surface area contributed by atoms with Gasteiger partial charge in [0.25, 0.3) is 0 Å². The van der Waals surface area contributed by atoms with E-state index in [0.717, 1.165) is 12.1 Å². The summed E-state index contributed by atoms with van der Waals surface area (Å²) in [5.41, 5.74) is -0.157. The maximum absolute atomic E-state index is 13.2. The highest BCUT2D eigenvalue weighted by molar-refractivity contribution is 9.09. The van der Waals surface area contributed by atoms with Crippen molar-refractivity contribution < 1.29 is 35.5 Å². The van der Waals surface area contributed by atoms with Crippen LogP contribution in [0.4, 0.5) is 30.7 Å². The molecule has 0 bridgehead atoms. The Morgan fingerprint density at radius 1 is 0.950 bits per heavy atom. The van der Waals surface area contributed by atoms with E-state index >= 15 is 0 Å². The zero-order valence-corrected chi connectivity index (χ0v) is 11.0. The second kappa shape index (κ2) is 5.34. The van der Waals surface area contributed by atoms with Crippen LogP contribution in [0.3, 0.4) is 0 Å². The van der Waals surface area contributed by atoms with Crippen molar-refractivity contribution in [2.75, 3.05) is 0 Å². The molecule has 0 aromatic heterocycles. The first-order valence-corrected chi connectivity index (χ1v) is 5.90. The van der Waals surface area contributed by atoms with Gasteiger partial charge in [-0.2, -0.15) is 30.7 Å². The Morgan fingerprint density at radius 2 is 1.40 bits per heavy atom. The number of halogens is 8. The molecule has 0 spiro atoms. The maximum Gasteiger partial charge on any atom is 0.460 e. The van der Waals surface area contributed by atoms with Gasteiger partial charge in [0.1, 0.15) is 4.83 Å². The molecule has 0 saturated carbocycles. The Hall–Kier alpha value is -1.12. The fourth-order valence-electron chi connectivity index (χ4n) is 1.27. The lowest BCUT2D eigenvalue weighted by Gasteiger charge is -2.28. The van der Waals surface area contributed by atoms with E-state index in [9.17, 15) is 35.5 Å². The average Bonchev–Trinajstić information content (AvgIpc) is 2.36. The van der Waals surface area contributed by atoms with Crippen molar-refractivity contribution >= 4 is 21.7 Å². The summed E-state index contributed by atoms with van der Waals surface area (Å²) in [6.07, 6.45) is -6.53. The van der Waals surface area contributed by atoms with Gasteiger partial charge in [0, 0.05) is 0 Å². The molecule has 0 saturated heterocycles. The molecule has 1 atom stereocenters. The number of Topliss-reactive ketones (excluding diaryl/α,β-unsaturated/α-hetero) is 1. The smallest absolute Gasteiger partial charge is 0.291 e. The molecule has 20 heavy (non-hydrogen) atoms. The average molecular weight is 367 g/mol. The first-order chi connectivity index (χ1) is 8.93. The molecule has 1 nitrogen and oxygen atoms in total. The fraction of sp³-hybridized carbons (Fsp3) is 0.364. The van der Waals surface area contributed by atoms with Crippen molar-refractivity contribution in [1.29, 1.82) is 0 Å². The van der Waals surface area contributed by atoms with Crippen molar-refractivity contribution in [1.82, 2.24) is 0 Å². The highest BCUT2D eigenvalue weighted by Gasteiger charge is 2.76. The molecule has 9 heteroatoms. The summed E-state index contributed by atoms with van der Waals surface area (Å²) in [7, 11) is 0. The van der Waals surface area contributed by atoms with Gasteiger partial charge in [-0.25, -0.2) is 0 Å². The van der Waals surface area contributed by atoms with Crippen LogP contribution in [0.25, 0.3) is 0 Å². The van der Waals surface area contributed by atoms with E-state index in [0.29, 0.717) is 0 Å². The minimum absolute atomic E-state index is 0.157. The Labute approximate surface area is 116 Å². The lowest BCUT2D eigenvalue weighted by molar-refractivity contribution is -0.343. The zero-order valence-electron chi connectivity index (χ0n) is 9.40. The number of alkyl halides is 8. The van der Waals surface area contributed by atoms with Gasteiger partial charge in [0.05, 0.1) is 0 Å². The molecule has 1 rings (SSSR count). The minimum Gasteiger partial charge on any atom is -0.291 e. The Bertz CT molecular complexity index is 483. The van der Waals surface area contributed by atoms with E-state index in [1.165, 1.54) is 18.2 Å². The Balaban J connectivity index is 3.13. The van der Waals surface area contributed by atoms with Crippen LogP contribution in [0.2, 0.25) is 0 Å². The maximum atomic E-state index is 13.2. The minimum atomic E-state index is -6.53. The molecule has 1 aromatic rings. The molecule has 112 valence electrons. The van der Waals surface area contributed by atoms with Crippen LogP contribution in [0.1, 0.15) is 10.4 Å². The van der Waals surface area contributed by atoms with Crippen molar-refractivity contribution in [2.24, 2.45) is 0 Å². The number of hydrogen-bond acceptors (Lipinski definition) is 1. The molecule has 0 amide bonds. The molecule has 0 heterocycles. The standard InChI is InChI=1S/C11H6BrF7O/c12-7(6-4-2-1-3-5-6)8(20)9(13,14)10(15,16)11(17,18)19/h1-5,7H.